The Balaban J connectivity index is 1.41. The molecule has 0 unspecified atom stereocenters. The van der Waals surface area contributed by atoms with Crippen LogP contribution in [0.5, 0.6) is 0 Å². The average Bonchev–Trinajstić information content (AvgIpc) is 3.19. The summed E-state index contributed by atoms with van der Waals surface area (Å²) in [5, 5.41) is 15.9. The van der Waals surface area contributed by atoms with Crippen LogP contribution in [0.15, 0.2) is 72.8 Å². The lowest BCUT2D eigenvalue weighted by atomic mass is 10.2. The number of aromatic nitrogens is 1. The van der Waals surface area contributed by atoms with Crippen LogP contribution in [-0.4, -0.2) is 16.9 Å². The van der Waals surface area contributed by atoms with Gasteiger partial charge in [-0.25, -0.2) is 4.98 Å². The molecule has 0 aliphatic heterocycles. The molecule has 0 aliphatic rings. The van der Waals surface area contributed by atoms with Gasteiger partial charge < -0.3 is 10.6 Å². The van der Waals surface area contributed by atoms with Crippen LogP contribution in [0.4, 0.5) is 11.4 Å². The largest absolute Gasteiger partial charge is 0.374 e. The van der Waals surface area contributed by atoms with Gasteiger partial charge in [-0.3, -0.25) is 4.79 Å². The number of carbonyl (C=O) groups excluding carboxylic acids is 1. The summed E-state index contributed by atoms with van der Waals surface area (Å²) in [7, 11) is 0. The van der Waals surface area contributed by atoms with E-state index in [-0.39, 0.29) is 5.91 Å². The van der Waals surface area contributed by atoms with Gasteiger partial charge in [0.25, 0.3) is 0 Å². The molecule has 29 heavy (non-hydrogen) atoms. The van der Waals surface area contributed by atoms with E-state index in [0.717, 1.165) is 26.5 Å². The minimum atomic E-state index is -0.418. The maximum atomic E-state index is 12.4. The molecule has 0 aliphatic carbocycles. The fraction of sp³-hybridized carbons (Fsp3) is 0.0870. The SMILES string of the molecule is C[C@@H](Nc1ccc(-c2nc3ccccc3s2)cc1)C(=O)Nc1ccc(C#N)cc1. The number of para-hydroxylation sites is 1. The van der Waals surface area contributed by atoms with Gasteiger partial charge in [-0.1, -0.05) is 12.1 Å². The summed E-state index contributed by atoms with van der Waals surface area (Å²) < 4.78 is 1.16. The number of carbonyl (C=O) groups is 1. The molecule has 1 amide bonds. The van der Waals surface area contributed by atoms with Crippen LogP contribution in [0.3, 0.4) is 0 Å². The van der Waals surface area contributed by atoms with E-state index < -0.39 is 6.04 Å². The Hall–Kier alpha value is -3.69. The number of rotatable bonds is 5. The highest BCUT2D eigenvalue weighted by Crippen LogP contribution is 2.30. The van der Waals surface area contributed by atoms with Gasteiger partial charge in [0, 0.05) is 16.9 Å². The van der Waals surface area contributed by atoms with Crippen molar-refractivity contribution in [3.63, 3.8) is 0 Å². The Morgan fingerprint density at radius 3 is 2.38 bits per heavy atom. The number of nitriles is 1. The van der Waals surface area contributed by atoms with Crippen LogP contribution in [-0.2, 0) is 4.79 Å². The first-order valence-corrected chi connectivity index (χ1v) is 9.97. The van der Waals surface area contributed by atoms with E-state index >= 15 is 0 Å². The van der Waals surface area contributed by atoms with Crippen LogP contribution in [0.25, 0.3) is 20.8 Å². The molecule has 2 N–H and O–H groups in total. The van der Waals surface area contributed by atoms with Crippen molar-refractivity contribution in [3.05, 3.63) is 78.4 Å². The van der Waals surface area contributed by atoms with Crippen LogP contribution >= 0.6 is 11.3 Å². The monoisotopic (exact) mass is 398 g/mol. The molecule has 4 rings (SSSR count). The molecule has 1 heterocycles. The minimum absolute atomic E-state index is 0.148. The highest BCUT2D eigenvalue weighted by Gasteiger charge is 2.13. The van der Waals surface area contributed by atoms with Crippen molar-refractivity contribution in [2.24, 2.45) is 0 Å². The van der Waals surface area contributed by atoms with Gasteiger partial charge in [-0.15, -0.1) is 11.3 Å². The zero-order valence-corrected chi connectivity index (χ0v) is 16.5. The molecule has 1 atom stereocenters. The second kappa shape index (κ2) is 8.13. The average molecular weight is 398 g/mol. The third kappa shape index (κ3) is 4.26. The second-order valence-electron chi connectivity index (χ2n) is 6.61. The van der Waals surface area contributed by atoms with Crippen LogP contribution in [0.2, 0.25) is 0 Å². The Morgan fingerprint density at radius 2 is 1.69 bits per heavy atom. The Bertz CT molecular complexity index is 1160. The number of benzene rings is 3. The van der Waals surface area contributed by atoms with Crippen molar-refractivity contribution >= 4 is 38.8 Å². The number of nitrogens with zero attached hydrogens (tertiary/aromatic N) is 2. The van der Waals surface area contributed by atoms with Gasteiger partial charge in [0.2, 0.25) is 5.91 Å². The zero-order chi connectivity index (χ0) is 20.2. The lowest BCUT2D eigenvalue weighted by Crippen LogP contribution is -2.31. The van der Waals surface area contributed by atoms with E-state index in [1.54, 1.807) is 42.5 Å². The second-order valence-corrected chi connectivity index (χ2v) is 7.64. The number of nitrogens with one attached hydrogen (secondary N) is 2. The van der Waals surface area contributed by atoms with Crippen LogP contribution in [0.1, 0.15) is 12.5 Å². The summed E-state index contributed by atoms with van der Waals surface area (Å²) in [6.07, 6.45) is 0. The van der Waals surface area contributed by atoms with Crippen molar-refractivity contribution in [1.82, 2.24) is 4.98 Å². The zero-order valence-electron chi connectivity index (χ0n) is 15.7. The highest BCUT2D eigenvalue weighted by atomic mass is 32.1. The summed E-state index contributed by atoms with van der Waals surface area (Å²) in [5.74, 6) is -0.148. The number of hydrogen-bond acceptors (Lipinski definition) is 5. The van der Waals surface area contributed by atoms with Crippen molar-refractivity contribution in [1.29, 1.82) is 5.26 Å². The van der Waals surface area contributed by atoms with E-state index in [1.165, 1.54) is 0 Å². The van der Waals surface area contributed by atoms with E-state index in [0.29, 0.717) is 11.3 Å². The van der Waals surface area contributed by atoms with E-state index in [2.05, 4.69) is 27.8 Å². The summed E-state index contributed by atoms with van der Waals surface area (Å²) in [4.78, 5) is 17.1. The molecule has 0 bridgehead atoms. The topological polar surface area (TPSA) is 77.8 Å². The van der Waals surface area contributed by atoms with Gasteiger partial charge in [0.05, 0.1) is 21.8 Å². The Kier molecular flexibility index (Phi) is 5.23. The molecule has 5 nitrogen and oxygen atoms in total. The van der Waals surface area contributed by atoms with Crippen molar-refractivity contribution in [2.45, 2.75) is 13.0 Å². The quantitative estimate of drug-likeness (QED) is 0.480. The highest BCUT2D eigenvalue weighted by molar-refractivity contribution is 7.21. The molecule has 0 radical (unpaired) electrons. The van der Waals surface area contributed by atoms with Gasteiger partial charge in [0.1, 0.15) is 11.0 Å². The standard InChI is InChI=1S/C23H18N4OS/c1-15(22(28)26-19-10-6-16(14-24)7-11-19)25-18-12-8-17(9-13-18)23-27-20-4-2-3-5-21(20)29-23/h2-13,15,25H,1H3,(H,26,28)/t15-/m1/s1. The smallest absolute Gasteiger partial charge is 0.246 e. The van der Waals surface area contributed by atoms with Gasteiger partial charge >= 0.3 is 0 Å². The lowest BCUT2D eigenvalue weighted by molar-refractivity contribution is -0.116. The molecule has 4 aromatic rings. The Labute approximate surface area is 172 Å². The van der Waals surface area contributed by atoms with Gasteiger partial charge in [-0.05, 0) is 67.6 Å². The van der Waals surface area contributed by atoms with E-state index in [4.69, 9.17) is 5.26 Å². The van der Waals surface area contributed by atoms with E-state index in [1.807, 2.05) is 42.5 Å². The maximum Gasteiger partial charge on any atom is 0.246 e. The summed E-state index contributed by atoms with van der Waals surface area (Å²) >= 11 is 1.66. The lowest BCUT2D eigenvalue weighted by Gasteiger charge is -2.15. The predicted octanol–water partition coefficient (Wildman–Crippen LogP) is 5.27. The van der Waals surface area contributed by atoms with Crippen LogP contribution in [0, 0.1) is 11.3 Å². The number of hydrogen-bond donors (Lipinski definition) is 2. The molecular formula is C23H18N4OS. The first-order valence-electron chi connectivity index (χ1n) is 9.16. The van der Waals surface area contributed by atoms with Gasteiger partial charge in [-0.2, -0.15) is 5.26 Å². The van der Waals surface area contributed by atoms with Crippen molar-refractivity contribution in [3.8, 4) is 16.6 Å². The number of amides is 1. The summed E-state index contributed by atoms with van der Waals surface area (Å²) in [5.41, 5.74) is 4.13. The number of anilines is 2. The van der Waals surface area contributed by atoms with Gasteiger partial charge in [0.15, 0.2) is 0 Å². The Morgan fingerprint density at radius 1 is 1.00 bits per heavy atom. The molecule has 6 heteroatoms. The third-order valence-electron chi connectivity index (χ3n) is 4.48. The first kappa shape index (κ1) is 18.7. The first-order chi connectivity index (χ1) is 14.1. The summed E-state index contributed by atoms with van der Waals surface area (Å²) in [6, 6.07) is 24.4. The maximum absolute atomic E-state index is 12.4. The minimum Gasteiger partial charge on any atom is -0.374 e. The van der Waals surface area contributed by atoms with Crippen LogP contribution < -0.4 is 10.6 Å². The molecule has 0 fully saturated rings. The fourth-order valence-electron chi connectivity index (χ4n) is 2.90. The molecule has 0 saturated heterocycles. The molecular weight excluding hydrogens is 380 g/mol. The molecule has 142 valence electrons. The normalized spacial score (nSPS) is 11.6. The fourth-order valence-corrected chi connectivity index (χ4v) is 3.87. The summed E-state index contributed by atoms with van der Waals surface area (Å²) in [6.45, 7) is 1.81. The number of fused-ring (bicyclic) bond motifs is 1. The third-order valence-corrected chi connectivity index (χ3v) is 5.57. The number of thiazole rings is 1. The molecule has 1 aromatic heterocycles. The van der Waals surface area contributed by atoms with E-state index in [9.17, 15) is 4.79 Å². The predicted molar refractivity (Wildman–Crippen MR) is 118 cm³/mol. The molecule has 0 saturated carbocycles. The molecule has 3 aromatic carbocycles. The molecule has 0 spiro atoms. The van der Waals surface area contributed by atoms with Crippen molar-refractivity contribution in [2.75, 3.05) is 10.6 Å². The van der Waals surface area contributed by atoms with Crippen molar-refractivity contribution < 1.29 is 4.79 Å².